The molecular weight excluding hydrogens is 972 g/mol. The van der Waals surface area contributed by atoms with Gasteiger partial charge in [-0.2, -0.15) is 0 Å². The maximum atomic E-state index is 17.0. The van der Waals surface area contributed by atoms with E-state index in [1.54, 1.807) is 65.5 Å². The Morgan fingerprint density at radius 3 is 2.40 bits per heavy atom. The standard InChI is InChI=1S/C50H75FN8O13S/c1-14-35-50(11,66)42-27(5)38(57-37(60)15-2)25(3)19-48(9,41(28(6)40(62)49(10,51)47(65)71-35)72-46-39(61)34(59(12)13)18-26(4)70-46)68-22-33(21-67-42)58-69-23-32-17-16-31(20-53-32)45-56-36(24-73-45)55-44(64)30(8)54-43(63)29(7)52/h16-17,20,24-26,28-30,34-35,39,41-42,46,61,66H,14-15,18-19,21-23,52H2,1-13H3,(H,54,63)(H,55,64)(H,57,60)/b38-27+,58-33?/t25-,26-,28+,29+,30+,34+,35-,39-,41-,42-,46+,48-,49+,50-/m1/s1. The van der Waals surface area contributed by atoms with Crippen molar-refractivity contribution in [3.8, 4) is 10.6 Å². The van der Waals surface area contributed by atoms with Crippen molar-refractivity contribution in [1.82, 2.24) is 25.5 Å². The highest BCUT2D eigenvalue weighted by Gasteiger charge is 2.56. The summed E-state index contributed by atoms with van der Waals surface area (Å²) in [5.41, 5.74) is 0.562. The van der Waals surface area contributed by atoms with Crippen LogP contribution in [0.5, 0.6) is 0 Å². The second-order valence-electron chi connectivity index (χ2n) is 20.2. The van der Waals surface area contributed by atoms with Gasteiger partial charge in [0.05, 0.1) is 42.8 Å². The SMILES string of the molecule is CCC(=O)N/C1=C(\C)[C@H]2OCC(=NOCc3ccc(-c4nc(NC(=O)[C@H](C)NC(=O)[C@H](C)N)cs4)cn3)CO[C@](C)(C[C@H]1C)[C@H](O[C@@H]1O[C@H](C)C[C@H](N(C)C)[C@H]1O)[C@@H](C)C(=O)[C@](C)(F)C(=O)O[C@H](CC)[C@@]2(C)O. The Balaban J connectivity index is 1.55. The van der Waals surface area contributed by atoms with Crippen molar-refractivity contribution in [1.29, 1.82) is 0 Å². The number of hydrogen-bond acceptors (Lipinski definition) is 19. The van der Waals surface area contributed by atoms with E-state index in [4.69, 9.17) is 34.3 Å². The Morgan fingerprint density at radius 1 is 1.08 bits per heavy atom. The van der Waals surface area contributed by atoms with Crippen molar-refractivity contribution < 1.29 is 67.1 Å². The number of carbonyl (C=O) groups is 5. The third-order valence-corrected chi connectivity index (χ3v) is 14.6. The molecule has 1 saturated heterocycles. The summed E-state index contributed by atoms with van der Waals surface area (Å²) in [4.78, 5) is 83.2. The van der Waals surface area contributed by atoms with E-state index < -0.39 is 107 Å². The van der Waals surface area contributed by atoms with Crippen LogP contribution in [0, 0.1) is 11.8 Å². The minimum absolute atomic E-state index is 0.0240. The van der Waals surface area contributed by atoms with E-state index in [1.807, 2.05) is 18.7 Å². The monoisotopic (exact) mass is 1050 g/mol. The van der Waals surface area contributed by atoms with E-state index in [9.17, 15) is 34.2 Å². The first-order chi connectivity index (χ1) is 34.1. The molecule has 0 aliphatic carbocycles. The molecular formula is C50H75FN8O13S. The molecule has 0 spiro atoms. The number of hydrogen-bond donors (Lipinski definition) is 6. The zero-order valence-electron chi connectivity index (χ0n) is 44.1. The number of ether oxygens (including phenoxy) is 5. The molecule has 1 fully saturated rings. The minimum atomic E-state index is -3.26. The Morgan fingerprint density at radius 2 is 1.78 bits per heavy atom. The zero-order valence-corrected chi connectivity index (χ0v) is 45.0. The molecule has 0 radical (unpaired) electrons. The van der Waals surface area contributed by atoms with E-state index in [-0.39, 0.29) is 56.5 Å². The van der Waals surface area contributed by atoms with E-state index in [0.29, 0.717) is 34.0 Å². The number of alkyl halides is 1. The van der Waals surface area contributed by atoms with E-state index in [2.05, 4.69) is 31.1 Å². The first-order valence-corrected chi connectivity index (χ1v) is 25.6. The summed E-state index contributed by atoms with van der Waals surface area (Å²) in [6.07, 6.45) is -5.20. The predicted octanol–water partition coefficient (Wildman–Crippen LogP) is 3.70. The van der Waals surface area contributed by atoms with Gasteiger partial charge in [-0.05, 0) is 105 Å². The number of amides is 3. The second-order valence-corrected chi connectivity index (χ2v) is 21.1. The van der Waals surface area contributed by atoms with Gasteiger partial charge in [-0.3, -0.25) is 24.2 Å². The molecule has 406 valence electrons. The molecule has 3 aliphatic heterocycles. The highest BCUT2D eigenvalue weighted by molar-refractivity contribution is 7.13. The number of aliphatic hydroxyl groups is 2. The van der Waals surface area contributed by atoms with Crippen LogP contribution < -0.4 is 21.7 Å². The van der Waals surface area contributed by atoms with Gasteiger partial charge in [0.1, 0.15) is 46.5 Å². The number of oxime groups is 1. The smallest absolute Gasteiger partial charge is 0.351 e. The number of halogens is 1. The summed E-state index contributed by atoms with van der Waals surface area (Å²) < 4.78 is 49.1. The molecule has 5 heterocycles. The number of pyridine rings is 1. The normalized spacial score (nSPS) is 34.2. The molecule has 3 amide bonds. The third kappa shape index (κ3) is 14.1. The number of likely N-dealkylation sites (N-methyl/N-ethyl adjacent to an activating group) is 1. The number of thiazole rings is 1. The van der Waals surface area contributed by atoms with Crippen LogP contribution in [0.2, 0.25) is 0 Å². The van der Waals surface area contributed by atoms with Crippen molar-refractivity contribution >= 4 is 52.3 Å². The first kappa shape index (κ1) is 59.0. The number of carbonyl (C=O) groups excluding carboxylic acids is 5. The molecule has 3 aliphatic rings. The average Bonchev–Trinajstić information content (AvgIpc) is 3.80. The number of nitrogens with one attached hydrogen (secondary N) is 3. The summed E-state index contributed by atoms with van der Waals surface area (Å²) >= 11 is 1.27. The van der Waals surface area contributed by atoms with Gasteiger partial charge in [-0.1, -0.05) is 32.9 Å². The van der Waals surface area contributed by atoms with Gasteiger partial charge >= 0.3 is 5.97 Å². The van der Waals surface area contributed by atoms with Crippen LogP contribution in [-0.2, 0) is 59.1 Å². The molecule has 21 nitrogen and oxygen atoms in total. The number of anilines is 1. The maximum Gasteiger partial charge on any atom is 0.351 e. The largest absolute Gasteiger partial charge is 0.457 e. The lowest BCUT2D eigenvalue weighted by molar-refractivity contribution is -0.296. The topological polar surface area (TPSA) is 285 Å². The molecule has 0 aromatic carbocycles. The molecule has 0 saturated carbocycles. The lowest BCUT2D eigenvalue weighted by Gasteiger charge is -2.47. The molecule has 23 heteroatoms. The number of Topliss-reactive ketones (excluding diaryl/α,β-unsaturated/α-hetero) is 1. The van der Waals surface area contributed by atoms with Crippen molar-refractivity contribution in [2.75, 3.05) is 32.6 Å². The summed E-state index contributed by atoms with van der Waals surface area (Å²) in [7, 11) is 3.61. The fourth-order valence-electron chi connectivity index (χ4n) is 9.43. The van der Waals surface area contributed by atoms with Crippen molar-refractivity contribution in [3.63, 3.8) is 0 Å². The Bertz CT molecular complexity index is 2340. The number of aromatic nitrogens is 2. The number of rotatable bonds is 14. The van der Waals surface area contributed by atoms with Gasteiger partial charge in [0.25, 0.3) is 5.67 Å². The number of allylic oxidation sites excluding steroid dienone is 1. The molecule has 7 N–H and O–H groups in total. The van der Waals surface area contributed by atoms with Crippen LogP contribution in [0.15, 0.2) is 40.1 Å². The van der Waals surface area contributed by atoms with Crippen molar-refractivity contribution in [2.24, 2.45) is 22.7 Å². The second kappa shape index (κ2) is 24.7. The highest BCUT2D eigenvalue weighted by Crippen LogP contribution is 2.41. The van der Waals surface area contributed by atoms with Gasteiger partial charge in [0, 0.05) is 41.2 Å². The number of ketones is 1. The van der Waals surface area contributed by atoms with E-state index in [1.165, 1.54) is 39.0 Å². The van der Waals surface area contributed by atoms with Gasteiger partial charge in [-0.15, -0.1) is 11.3 Å². The first-order valence-electron chi connectivity index (χ1n) is 24.7. The number of fused-ring (bicyclic) bond motifs is 4. The molecule has 73 heavy (non-hydrogen) atoms. The number of nitrogens with zero attached hydrogens (tertiary/aromatic N) is 4. The molecule has 14 atom stereocenters. The third-order valence-electron chi connectivity index (χ3n) is 13.7. The Labute approximate surface area is 430 Å². The zero-order chi connectivity index (χ0) is 54.3. The van der Waals surface area contributed by atoms with Crippen LogP contribution in [0.25, 0.3) is 10.6 Å². The van der Waals surface area contributed by atoms with Gasteiger partial charge in [0.15, 0.2) is 18.7 Å². The van der Waals surface area contributed by atoms with Gasteiger partial charge in [-0.25, -0.2) is 14.2 Å². The summed E-state index contributed by atoms with van der Waals surface area (Å²) in [5.74, 6) is -5.88. The number of nitrogens with two attached hydrogens (primary N) is 1. The maximum absolute atomic E-state index is 17.0. The quantitative estimate of drug-likeness (QED) is 0.0894. The van der Waals surface area contributed by atoms with Crippen LogP contribution in [0.4, 0.5) is 10.2 Å². The van der Waals surface area contributed by atoms with Crippen molar-refractivity contribution in [3.05, 3.63) is 40.7 Å². The highest BCUT2D eigenvalue weighted by atomic mass is 32.1. The summed E-state index contributed by atoms with van der Waals surface area (Å²) in [5, 5.41) is 39.1. The number of aliphatic hydroxyl groups excluding tert-OH is 1. The molecule has 2 bridgehead atoms. The number of cyclic esters (lactones) is 1. The summed E-state index contributed by atoms with van der Waals surface area (Å²) in [6.45, 7) is 16.1. The van der Waals surface area contributed by atoms with E-state index in [0.717, 1.165) is 6.92 Å². The fourth-order valence-corrected chi connectivity index (χ4v) is 10.2. The van der Waals surface area contributed by atoms with Crippen LogP contribution in [0.3, 0.4) is 0 Å². The Hall–Kier alpha value is -4.85. The molecule has 5 rings (SSSR count). The summed E-state index contributed by atoms with van der Waals surface area (Å²) in [6, 6.07) is 1.40. The van der Waals surface area contributed by atoms with Crippen LogP contribution >= 0.6 is 11.3 Å². The Kier molecular flexibility index (Phi) is 19.9. The molecule has 2 aromatic heterocycles. The van der Waals surface area contributed by atoms with Crippen LogP contribution in [0.1, 0.15) is 108 Å². The fraction of sp³-hybridized carbons (Fsp3) is 0.680. The minimum Gasteiger partial charge on any atom is -0.457 e. The number of esters is 1. The van der Waals surface area contributed by atoms with Crippen molar-refractivity contribution in [2.45, 2.75) is 180 Å². The molecule has 2 aromatic rings. The lowest BCUT2D eigenvalue weighted by atomic mass is 9.76. The van der Waals surface area contributed by atoms with Gasteiger partial charge in [0.2, 0.25) is 17.7 Å². The van der Waals surface area contributed by atoms with Crippen LogP contribution in [-0.4, -0.2) is 159 Å². The average molecular weight is 1050 g/mol. The molecule has 0 unspecified atom stereocenters. The lowest BCUT2D eigenvalue weighted by Crippen LogP contribution is -2.61. The van der Waals surface area contributed by atoms with Gasteiger partial charge < -0.3 is 65.3 Å². The predicted molar refractivity (Wildman–Crippen MR) is 268 cm³/mol. The van der Waals surface area contributed by atoms with E-state index >= 15 is 4.39 Å².